The minimum Gasteiger partial charge on any atom is -0.339 e. The molecule has 2 aromatic carbocycles. The lowest BCUT2D eigenvalue weighted by Crippen LogP contribution is -2.37. The molecular formula is C20H21N3O3S. The van der Waals surface area contributed by atoms with Crippen LogP contribution in [0.2, 0.25) is 0 Å². The predicted octanol–water partition coefficient (Wildman–Crippen LogP) is 3.23. The number of amides is 1. The summed E-state index contributed by atoms with van der Waals surface area (Å²) in [6, 6.07) is 14.3. The number of likely N-dealkylation sites (tertiary alicyclic amines) is 1. The van der Waals surface area contributed by atoms with Crippen LogP contribution >= 0.6 is 0 Å². The van der Waals surface area contributed by atoms with Crippen LogP contribution in [-0.4, -0.2) is 32.3 Å². The lowest BCUT2D eigenvalue weighted by atomic mass is 9.98. The highest BCUT2D eigenvalue weighted by molar-refractivity contribution is 7.92. The first-order chi connectivity index (χ1) is 12.9. The largest absolute Gasteiger partial charge is 0.339 e. The van der Waals surface area contributed by atoms with Crippen LogP contribution in [0.15, 0.2) is 53.4 Å². The topological polar surface area (TPSA) is 90.3 Å². The molecule has 3 rings (SSSR count). The van der Waals surface area contributed by atoms with Gasteiger partial charge >= 0.3 is 0 Å². The van der Waals surface area contributed by atoms with Crippen LogP contribution in [0.4, 0.5) is 5.69 Å². The molecule has 1 N–H and O–H groups in total. The van der Waals surface area contributed by atoms with Gasteiger partial charge in [0, 0.05) is 18.7 Å². The maximum Gasteiger partial charge on any atom is 0.261 e. The smallest absolute Gasteiger partial charge is 0.261 e. The highest BCUT2D eigenvalue weighted by Gasteiger charge is 2.23. The highest BCUT2D eigenvalue weighted by Crippen LogP contribution is 2.22. The van der Waals surface area contributed by atoms with Gasteiger partial charge in [-0.2, -0.15) is 5.26 Å². The van der Waals surface area contributed by atoms with E-state index in [0.29, 0.717) is 24.6 Å². The Bertz CT molecular complexity index is 988. The van der Waals surface area contributed by atoms with Crippen molar-refractivity contribution in [2.45, 2.75) is 24.7 Å². The average molecular weight is 383 g/mol. The predicted molar refractivity (Wildman–Crippen MR) is 103 cm³/mol. The van der Waals surface area contributed by atoms with E-state index < -0.39 is 10.0 Å². The zero-order valence-corrected chi connectivity index (χ0v) is 15.9. The summed E-state index contributed by atoms with van der Waals surface area (Å²) in [4.78, 5) is 14.5. The Balaban J connectivity index is 1.84. The van der Waals surface area contributed by atoms with Crippen molar-refractivity contribution in [2.75, 3.05) is 17.8 Å². The number of hydrogen-bond donors (Lipinski definition) is 1. The SMILES string of the molecule is CC1CCN(C(=O)c2cccc(S(=O)(=O)Nc3ccccc3C#N)c2)CC1. The fourth-order valence-corrected chi connectivity index (χ4v) is 4.19. The zero-order chi connectivity index (χ0) is 19.4. The number of carbonyl (C=O) groups excluding carboxylic acids is 1. The van der Waals surface area contributed by atoms with E-state index in [9.17, 15) is 13.2 Å². The third-order valence-corrected chi connectivity index (χ3v) is 6.12. The first kappa shape index (κ1) is 18.9. The van der Waals surface area contributed by atoms with E-state index in [-0.39, 0.29) is 22.1 Å². The highest BCUT2D eigenvalue weighted by atomic mass is 32.2. The Morgan fingerprint density at radius 2 is 1.85 bits per heavy atom. The van der Waals surface area contributed by atoms with Gasteiger partial charge in [0.05, 0.1) is 16.1 Å². The van der Waals surface area contributed by atoms with Crippen molar-refractivity contribution < 1.29 is 13.2 Å². The molecule has 0 unspecified atom stereocenters. The van der Waals surface area contributed by atoms with E-state index >= 15 is 0 Å². The minimum atomic E-state index is -3.91. The fraction of sp³-hybridized carbons (Fsp3) is 0.300. The maximum atomic E-state index is 12.7. The number of para-hydroxylation sites is 1. The second kappa shape index (κ2) is 7.80. The number of sulfonamides is 1. The van der Waals surface area contributed by atoms with E-state index in [4.69, 9.17) is 5.26 Å². The second-order valence-electron chi connectivity index (χ2n) is 6.77. The van der Waals surface area contributed by atoms with Crippen molar-refractivity contribution in [3.8, 4) is 6.07 Å². The molecule has 1 heterocycles. The van der Waals surface area contributed by atoms with Crippen LogP contribution in [0, 0.1) is 17.2 Å². The summed E-state index contributed by atoms with van der Waals surface area (Å²) in [5.41, 5.74) is 0.790. The molecule has 0 aromatic heterocycles. The molecule has 0 spiro atoms. The van der Waals surface area contributed by atoms with E-state index in [1.54, 1.807) is 29.2 Å². The van der Waals surface area contributed by atoms with E-state index in [0.717, 1.165) is 12.8 Å². The average Bonchev–Trinajstić information content (AvgIpc) is 2.68. The summed E-state index contributed by atoms with van der Waals surface area (Å²) in [5.74, 6) is 0.446. The molecule has 7 heteroatoms. The van der Waals surface area contributed by atoms with Crippen LogP contribution in [-0.2, 0) is 10.0 Å². The molecule has 0 aliphatic carbocycles. The molecule has 1 aliphatic heterocycles. The molecular weight excluding hydrogens is 362 g/mol. The quantitative estimate of drug-likeness (QED) is 0.878. The second-order valence-corrected chi connectivity index (χ2v) is 8.45. The Labute approximate surface area is 159 Å². The van der Waals surface area contributed by atoms with Gasteiger partial charge in [-0.15, -0.1) is 0 Å². The lowest BCUT2D eigenvalue weighted by molar-refractivity contribution is 0.0697. The van der Waals surface area contributed by atoms with Crippen LogP contribution in [0.5, 0.6) is 0 Å². The van der Waals surface area contributed by atoms with E-state index in [2.05, 4.69) is 11.6 Å². The molecule has 1 fully saturated rings. The standard InChI is InChI=1S/C20H21N3O3S/c1-15-9-11-23(12-10-15)20(24)16-6-4-7-18(13-16)27(25,26)22-19-8-3-2-5-17(19)14-21/h2-8,13,15,22H,9-12H2,1H3. The molecule has 0 bridgehead atoms. The first-order valence-corrected chi connectivity index (χ1v) is 10.3. The Kier molecular flexibility index (Phi) is 5.47. The molecule has 0 saturated carbocycles. The normalized spacial score (nSPS) is 15.2. The number of nitrogens with one attached hydrogen (secondary N) is 1. The van der Waals surface area contributed by atoms with Gasteiger partial charge in [0.25, 0.3) is 15.9 Å². The number of rotatable bonds is 4. The maximum absolute atomic E-state index is 12.7. The van der Waals surface area contributed by atoms with Gasteiger partial charge in [-0.25, -0.2) is 8.42 Å². The van der Waals surface area contributed by atoms with Gasteiger partial charge in [0.15, 0.2) is 0 Å². The summed E-state index contributed by atoms with van der Waals surface area (Å²) in [7, 11) is -3.91. The molecule has 0 atom stereocenters. The van der Waals surface area contributed by atoms with Crippen molar-refractivity contribution in [1.29, 1.82) is 5.26 Å². The number of carbonyl (C=O) groups is 1. The van der Waals surface area contributed by atoms with Gasteiger partial charge in [0.2, 0.25) is 0 Å². The molecule has 2 aromatic rings. The van der Waals surface area contributed by atoms with Crippen LogP contribution < -0.4 is 4.72 Å². The summed E-state index contributed by atoms with van der Waals surface area (Å²) in [5, 5.41) is 9.13. The summed E-state index contributed by atoms with van der Waals surface area (Å²) < 4.78 is 27.9. The molecule has 1 aliphatic rings. The lowest BCUT2D eigenvalue weighted by Gasteiger charge is -2.30. The number of piperidine rings is 1. The van der Waals surface area contributed by atoms with Gasteiger partial charge in [-0.3, -0.25) is 9.52 Å². The monoisotopic (exact) mass is 383 g/mol. The Morgan fingerprint density at radius 3 is 2.56 bits per heavy atom. The van der Waals surface area contributed by atoms with Gasteiger partial charge in [-0.1, -0.05) is 25.1 Å². The van der Waals surface area contributed by atoms with Gasteiger partial charge in [-0.05, 0) is 49.1 Å². The number of benzene rings is 2. The van der Waals surface area contributed by atoms with Crippen molar-refractivity contribution >= 4 is 21.6 Å². The van der Waals surface area contributed by atoms with Crippen molar-refractivity contribution in [3.05, 3.63) is 59.7 Å². The first-order valence-electron chi connectivity index (χ1n) is 8.82. The fourth-order valence-electron chi connectivity index (χ4n) is 3.06. The number of hydrogen-bond acceptors (Lipinski definition) is 4. The number of nitriles is 1. The molecule has 1 amide bonds. The number of nitrogens with zero attached hydrogens (tertiary/aromatic N) is 2. The van der Waals surface area contributed by atoms with Gasteiger partial charge in [0.1, 0.15) is 6.07 Å². The summed E-state index contributed by atoms with van der Waals surface area (Å²) in [6.45, 7) is 3.54. The molecule has 140 valence electrons. The van der Waals surface area contributed by atoms with E-state index in [1.165, 1.54) is 24.3 Å². The number of anilines is 1. The molecule has 0 radical (unpaired) electrons. The summed E-state index contributed by atoms with van der Waals surface area (Å²) >= 11 is 0. The zero-order valence-electron chi connectivity index (χ0n) is 15.1. The Hall–Kier alpha value is -2.85. The third kappa shape index (κ3) is 4.29. The van der Waals surface area contributed by atoms with Crippen molar-refractivity contribution in [3.63, 3.8) is 0 Å². The van der Waals surface area contributed by atoms with Crippen LogP contribution in [0.1, 0.15) is 35.7 Å². The Morgan fingerprint density at radius 1 is 1.15 bits per heavy atom. The third-order valence-electron chi connectivity index (χ3n) is 4.75. The van der Waals surface area contributed by atoms with Gasteiger partial charge < -0.3 is 4.90 Å². The van der Waals surface area contributed by atoms with E-state index in [1.807, 2.05) is 6.07 Å². The molecule has 6 nitrogen and oxygen atoms in total. The minimum absolute atomic E-state index is 0.00790. The van der Waals surface area contributed by atoms with Crippen molar-refractivity contribution in [1.82, 2.24) is 4.90 Å². The summed E-state index contributed by atoms with van der Waals surface area (Å²) in [6.07, 6.45) is 1.91. The van der Waals surface area contributed by atoms with Crippen LogP contribution in [0.3, 0.4) is 0 Å². The van der Waals surface area contributed by atoms with Crippen LogP contribution in [0.25, 0.3) is 0 Å². The molecule has 1 saturated heterocycles. The molecule has 27 heavy (non-hydrogen) atoms. The van der Waals surface area contributed by atoms with Crippen molar-refractivity contribution in [2.24, 2.45) is 5.92 Å².